The molecule has 0 atom stereocenters. The van der Waals surface area contributed by atoms with E-state index < -0.39 is 0 Å². The van der Waals surface area contributed by atoms with E-state index in [9.17, 15) is 0 Å². The summed E-state index contributed by atoms with van der Waals surface area (Å²) in [6.45, 7) is 3.70. The number of nitrogens with one attached hydrogen (secondary N) is 1. The first-order valence-corrected chi connectivity index (χ1v) is 6.51. The Labute approximate surface area is 101 Å². The van der Waals surface area contributed by atoms with Gasteiger partial charge in [0.2, 0.25) is 0 Å². The molecule has 0 unspecified atom stereocenters. The fourth-order valence-corrected chi connectivity index (χ4v) is 2.73. The third kappa shape index (κ3) is 2.38. The molecule has 0 radical (unpaired) electrons. The maximum absolute atomic E-state index is 6.07. The Kier molecular flexibility index (Phi) is 3.82. The van der Waals surface area contributed by atoms with E-state index in [0.29, 0.717) is 5.88 Å². The van der Waals surface area contributed by atoms with Crippen LogP contribution in [0.15, 0.2) is 6.33 Å². The van der Waals surface area contributed by atoms with Crippen molar-refractivity contribution in [3.8, 4) is 0 Å². The molecule has 1 fully saturated rings. The Morgan fingerprint density at radius 3 is 2.88 bits per heavy atom. The van der Waals surface area contributed by atoms with Gasteiger partial charge >= 0.3 is 0 Å². The number of nitrogens with zero attached hydrogens (tertiary/aromatic N) is 3. The molecule has 0 aromatic carbocycles. The number of hydrogen-bond donors (Lipinski definition) is 1. The molecule has 0 amide bonds. The highest BCUT2D eigenvalue weighted by atomic mass is 35.5. The quantitative estimate of drug-likeness (QED) is 0.803. The molecule has 1 aliphatic carbocycles. The van der Waals surface area contributed by atoms with Crippen LogP contribution in [-0.4, -0.2) is 26.2 Å². The molecule has 1 aromatic heterocycles. The predicted molar refractivity (Wildman–Crippen MR) is 64.5 cm³/mol. The van der Waals surface area contributed by atoms with Crippen molar-refractivity contribution in [2.75, 3.05) is 5.88 Å². The van der Waals surface area contributed by atoms with Gasteiger partial charge in [0, 0.05) is 18.0 Å². The minimum atomic E-state index is 0.131. The van der Waals surface area contributed by atoms with Crippen LogP contribution in [0.4, 0.5) is 0 Å². The first-order valence-electron chi connectivity index (χ1n) is 5.97. The Morgan fingerprint density at radius 2 is 2.25 bits per heavy atom. The zero-order chi connectivity index (χ0) is 11.4. The Morgan fingerprint density at radius 1 is 1.50 bits per heavy atom. The molecule has 1 aliphatic rings. The maximum atomic E-state index is 6.07. The number of aromatic nitrogens is 3. The van der Waals surface area contributed by atoms with Crippen LogP contribution in [0.1, 0.15) is 38.4 Å². The van der Waals surface area contributed by atoms with Gasteiger partial charge in [0.25, 0.3) is 0 Å². The average molecular weight is 243 g/mol. The van der Waals surface area contributed by atoms with E-state index in [2.05, 4.69) is 22.3 Å². The zero-order valence-electron chi connectivity index (χ0n) is 9.75. The van der Waals surface area contributed by atoms with Crippen LogP contribution in [0.2, 0.25) is 0 Å². The monoisotopic (exact) mass is 242 g/mol. The lowest BCUT2D eigenvalue weighted by atomic mass is 10.0. The van der Waals surface area contributed by atoms with E-state index in [1.54, 1.807) is 6.33 Å². The SMILES string of the molecule is CCn1ncnc1CNC1(CCl)CCCC1. The minimum absolute atomic E-state index is 0.131. The molecular formula is C11H19ClN4. The summed E-state index contributed by atoms with van der Waals surface area (Å²) in [6, 6.07) is 0. The summed E-state index contributed by atoms with van der Waals surface area (Å²) in [7, 11) is 0. The third-order valence-corrected chi connectivity index (χ3v) is 3.94. The highest BCUT2D eigenvalue weighted by molar-refractivity contribution is 6.18. The van der Waals surface area contributed by atoms with Crippen molar-refractivity contribution in [3.63, 3.8) is 0 Å². The van der Waals surface area contributed by atoms with Gasteiger partial charge in [-0.05, 0) is 19.8 Å². The largest absolute Gasteiger partial charge is 0.303 e. The van der Waals surface area contributed by atoms with Gasteiger partial charge in [0.05, 0.1) is 6.54 Å². The zero-order valence-corrected chi connectivity index (χ0v) is 10.5. The van der Waals surface area contributed by atoms with Crippen LogP contribution in [0, 0.1) is 0 Å². The van der Waals surface area contributed by atoms with Crippen LogP contribution in [0.25, 0.3) is 0 Å². The summed E-state index contributed by atoms with van der Waals surface area (Å²) in [5.41, 5.74) is 0.131. The van der Waals surface area contributed by atoms with Crippen molar-refractivity contribution in [3.05, 3.63) is 12.2 Å². The summed E-state index contributed by atoms with van der Waals surface area (Å²) in [6.07, 6.45) is 6.52. The first-order chi connectivity index (χ1) is 7.79. The molecule has 1 saturated carbocycles. The second-order valence-corrected chi connectivity index (χ2v) is 4.73. The summed E-state index contributed by atoms with van der Waals surface area (Å²) in [5, 5.41) is 7.73. The second kappa shape index (κ2) is 5.15. The van der Waals surface area contributed by atoms with Gasteiger partial charge in [-0.25, -0.2) is 9.67 Å². The van der Waals surface area contributed by atoms with E-state index >= 15 is 0 Å². The highest BCUT2D eigenvalue weighted by Gasteiger charge is 2.32. The van der Waals surface area contributed by atoms with E-state index in [1.807, 2.05) is 4.68 Å². The Bertz CT molecular complexity index is 330. The molecule has 90 valence electrons. The van der Waals surface area contributed by atoms with Gasteiger partial charge in [-0.3, -0.25) is 0 Å². The standard InChI is InChI=1S/C11H19ClN4/c1-2-16-10(13-9-15-16)7-14-11(8-12)5-3-4-6-11/h9,14H,2-8H2,1H3. The number of rotatable bonds is 5. The lowest BCUT2D eigenvalue weighted by Crippen LogP contribution is -2.44. The minimum Gasteiger partial charge on any atom is -0.303 e. The molecule has 4 nitrogen and oxygen atoms in total. The molecule has 0 spiro atoms. The van der Waals surface area contributed by atoms with Gasteiger partial charge in [-0.15, -0.1) is 11.6 Å². The fourth-order valence-electron chi connectivity index (χ4n) is 2.37. The topological polar surface area (TPSA) is 42.7 Å². The molecule has 0 aliphatic heterocycles. The molecule has 0 bridgehead atoms. The van der Waals surface area contributed by atoms with Crippen LogP contribution in [0.5, 0.6) is 0 Å². The van der Waals surface area contributed by atoms with Gasteiger partial charge in [-0.2, -0.15) is 5.10 Å². The highest BCUT2D eigenvalue weighted by Crippen LogP contribution is 2.30. The number of aryl methyl sites for hydroxylation is 1. The second-order valence-electron chi connectivity index (χ2n) is 4.47. The van der Waals surface area contributed by atoms with Crippen LogP contribution in [0.3, 0.4) is 0 Å². The molecular weight excluding hydrogens is 224 g/mol. The fraction of sp³-hybridized carbons (Fsp3) is 0.818. The van der Waals surface area contributed by atoms with Gasteiger partial charge in [0.15, 0.2) is 0 Å². The van der Waals surface area contributed by atoms with Crippen molar-refractivity contribution in [2.24, 2.45) is 0 Å². The molecule has 0 saturated heterocycles. The summed E-state index contributed by atoms with van der Waals surface area (Å²) >= 11 is 6.07. The molecule has 5 heteroatoms. The van der Waals surface area contributed by atoms with Gasteiger partial charge in [-0.1, -0.05) is 12.8 Å². The maximum Gasteiger partial charge on any atom is 0.140 e. The van der Waals surface area contributed by atoms with Crippen molar-refractivity contribution < 1.29 is 0 Å². The van der Waals surface area contributed by atoms with Crippen LogP contribution < -0.4 is 5.32 Å². The van der Waals surface area contributed by atoms with Gasteiger partial charge in [0.1, 0.15) is 12.2 Å². The first kappa shape index (κ1) is 11.9. The molecule has 16 heavy (non-hydrogen) atoms. The van der Waals surface area contributed by atoms with Crippen LogP contribution >= 0.6 is 11.6 Å². The summed E-state index contributed by atoms with van der Waals surface area (Å²) in [4.78, 5) is 4.26. The predicted octanol–water partition coefficient (Wildman–Crippen LogP) is 1.94. The molecule has 2 rings (SSSR count). The van der Waals surface area contributed by atoms with E-state index in [0.717, 1.165) is 18.9 Å². The van der Waals surface area contributed by atoms with E-state index in [4.69, 9.17) is 11.6 Å². The van der Waals surface area contributed by atoms with Crippen molar-refractivity contribution >= 4 is 11.6 Å². The van der Waals surface area contributed by atoms with Crippen LogP contribution in [-0.2, 0) is 13.1 Å². The van der Waals surface area contributed by atoms with Crippen molar-refractivity contribution in [2.45, 2.75) is 51.2 Å². The molecule has 1 N–H and O–H groups in total. The Balaban J connectivity index is 1.95. The summed E-state index contributed by atoms with van der Waals surface area (Å²) < 4.78 is 1.92. The lowest BCUT2D eigenvalue weighted by molar-refractivity contribution is 0.358. The number of hydrogen-bond acceptors (Lipinski definition) is 3. The van der Waals surface area contributed by atoms with Crippen molar-refractivity contribution in [1.82, 2.24) is 20.1 Å². The molecule has 1 aromatic rings. The number of halogens is 1. The molecule has 1 heterocycles. The van der Waals surface area contributed by atoms with E-state index in [-0.39, 0.29) is 5.54 Å². The summed E-state index contributed by atoms with van der Waals surface area (Å²) in [5.74, 6) is 1.69. The average Bonchev–Trinajstić information content (AvgIpc) is 2.96. The number of alkyl halides is 1. The Hall–Kier alpha value is -0.610. The third-order valence-electron chi connectivity index (χ3n) is 3.43. The van der Waals surface area contributed by atoms with Gasteiger partial charge < -0.3 is 5.32 Å². The van der Waals surface area contributed by atoms with E-state index in [1.165, 1.54) is 25.7 Å². The lowest BCUT2D eigenvalue weighted by Gasteiger charge is -2.27. The van der Waals surface area contributed by atoms with Crippen molar-refractivity contribution in [1.29, 1.82) is 0 Å². The normalized spacial score (nSPS) is 19.1. The smallest absolute Gasteiger partial charge is 0.140 e.